The third kappa shape index (κ3) is 3.85. The van der Waals surface area contributed by atoms with Crippen LogP contribution in [0.3, 0.4) is 0 Å². The Morgan fingerprint density at radius 1 is 1.14 bits per heavy atom. The predicted octanol–water partition coefficient (Wildman–Crippen LogP) is 3.95. The number of anilines is 1. The molecule has 0 heterocycles. The van der Waals surface area contributed by atoms with E-state index in [2.05, 4.69) is 15.9 Å². The third-order valence-corrected chi connectivity index (χ3v) is 3.91. The van der Waals surface area contributed by atoms with Crippen molar-refractivity contribution < 1.29 is 9.53 Å². The summed E-state index contributed by atoms with van der Waals surface area (Å²) in [5.41, 5.74) is 2.77. The van der Waals surface area contributed by atoms with Gasteiger partial charge in [-0.3, -0.25) is 4.79 Å². The van der Waals surface area contributed by atoms with Gasteiger partial charge in [0, 0.05) is 31.8 Å². The fraction of sp³-hybridized carbons (Fsp3) is 0.235. The van der Waals surface area contributed by atoms with E-state index in [4.69, 9.17) is 4.74 Å². The van der Waals surface area contributed by atoms with Crippen molar-refractivity contribution >= 4 is 27.4 Å². The molecule has 3 nitrogen and oxygen atoms in total. The van der Waals surface area contributed by atoms with Gasteiger partial charge < -0.3 is 9.64 Å². The van der Waals surface area contributed by atoms with E-state index in [1.165, 1.54) is 0 Å². The Balaban J connectivity index is 2.12. The summed E-state index contributed by atoms with van der Waals surface area (Å²) in [6.45, 7) is 0. The summed E-state index contributed by atoms with van der Waals surface area (Å²) in [6.07, 6.45) is 0.379. The summed E-state index contributed by atoms with van der Waals surface area (Å²) >= 11 is 3.44. The lowest BCUT2D eigenvalue weighted by atomic mass is 10.0. The number of carbonyl (C=O) groups excluding carboxylic acids is 1. The first-order chi connectivity index (χ1) is 10.0. The molecule has 2 rings (SSSR count). The Morgan fingerprint density at radius 2 is 1.81 bits per heavy atom. The van der Waals surface area contributed by atoms with Gasteiger partial charge in [0.05, 0.1) is 11.6 Å². The molecule has 0 saturated heterocycles. The van der Waals surface area contributed by atoms with Crippen LogP contribution in [0.2, 0.25) is 0 Å². The lowest BCUT2D eigenvalue weighted by molar-refractivity contribution is 0.0993. The number of hydrogen-bond donors (Lipinski definition) is 0. The fourth-order valence-electron chi connectivity index (χ4n) is 2.05. The Kier molecular flexibility index (Phi) is 5.02. The van der Waals surface area contributed by atoms with Crippen molar-refractivity contribution in [2.24, 2.45) is 0 Å². The SMILES string of the molecule is COc1ccc(CC(=O)c2ccc(N(C)C)cc2)cc1Br. The second kappa shape index (κ2) is 6.76. The molecular formula is C17H18BrNO2. The van der Waals surface area contributed by atoms with Crippen LogP contribution in [0.4, 0.5) is 5.69 Å². The molecule has 0 atom stereocenters. The number of benzene rings is 2. The van der Waals surface area contributed by atoms with Crippen molar-refractivity contribution in [3.05, 3.63) is 58.1 Å². The smallest absolute Gasteiger partial charge is 0.167 e. The lowest BCUT2D eigenvalue weighted by Gasteiger charge is -2.12. The molecule has 0 fully saturated rings. The summed E-state index contributed by atoms with van der Waals surface area (Å²) in [4.78, 5) is 14.3. The molecule has 0 saturated carbocycles. The standard InChI is InChI=1S/C17H18BrNO2/c1-19(2)14-7-5-13(6-8-14)16(20)11-12-4-9-17(21-3)15(18)10-12/h4-10H,11H2,1-3H3. The average Bonchev–Trinajstić information content (AvgIpc) is 2.47. The van der Waals surface area contributed by atoms with Crippen LogP contribution >= 0.6 is 15.9 Å². The van der Waals surface area contributed by atoms with Crippen molar-refractivity contribution in [3.63, 3.8) is 0 Å². The maximum absolute atomic E-state index is 12.3. The number of Topliss-reactive ketones (excluding diaryl/α,β-unsaturated/α-hetero) is 1. The molecule has 21 heavy (non-hydrogen) atoms. The second-order valence-corrected chi connectivity index (χ2v) is 5.86. The van der Waals surface area contributed by atoms with Gasteiger partial charge in [-0.2, -0.15) is 0 Å². The molecule has 0 aliphatic heterocycles. The summed E-state index contributed by atoms with van der Waals surface area (Å²) in [5.74, 6) is 0.874. The van der Waals surface area contributed by atoms with Gasteiger partial charge in [-0.05, 0) is 57.9 Å². The zero-order valence-electron chi connectivity index (χ0n) is 12.4. The van der Waals surface area contributed by atoms with Gasteiger partial charge in [0.25, 0.3) is 0 Å². The van der Waals surface area contributed by atoms with E-state index >= 15 is 0 Å². The van der Waals surface area contributed by atoms with Crippen LogP contribution in [0.15, 0.2) is 46.9 Å². The maximum Gasteiger partial charge on any atom is 0.167 e. The molecule has 0 unspecified atom stereocenters. The van der Waals surface area contributed by atoms with Crippen LogP contribution in [0.25, 0.3) is 0 Å². The van der Waals surface area contributed by atoms with Gasteiger partial charge in [0.15, 0.2) is 5.78 Å². The van der Waals surface area contributed by atoms with E-state index in [0.29, 0.717) is 6.42 Å². The zero-order valence-corrected chi connectivity index (χ0v) is 14.0. The highest BCUT2D eigenvalue weighted by molar-refractivity contribution is 9.10. The predicted molar refractivity (Wildman–Crippen MR) is 89.5 cm³/mol. The van der Waals surface area contributed by atoms with Crippen molar-refractivity contribution in [3.8, 4) is 5.75 Å². The largest absolute Gasteiger partial charge is 0.496 e. The highest BCUT2D eigenvalue weighted by Gasteiger charge is 2.09. The Labute approximate surface area is 133 Å². The van der Waals surface area contributed by atoms with Crippen molar-refractivity contribution in [1.82, 2.24) is 0 Å². The molecular weight excluding hydrogens is 330 g/mol. The van der Waals surface area contributed by atoms with Crippen molar-refractivity contribution in [2.75, 3.05) is 26.1 Å². The van der Waals surface area contributed by atoms with Gasteiger partial charge >= 0.3 is 0 Å². The number of methoxy groups -OCH3 is 1. The number of hydrogen-bond acceptors (Lipinski definition) is 3. The number of ketones is 1. The van der Waals surface area contributed by atoms with Crippen LogP contribution in [0.5, 0.6) is 5.75 Å². The maximum atomic E-state index is 12.3. The third-order valence-electron chi connectivity index (χ3n) is 3.29. The summed E-state index contributed by atoms with van der Waals surface area (Å²) in [6, 6.07) is 13.4. The number of halogens is 1. The highest BCUT2D eigenvalue weighted by Crippen LogP contribution is 2.26. The van der Waals surface area contributed by atoms with Crippen LogP contribution < -0.4 is 9.64 Å². The van der Waals surface area contributed by atoms with E-state index in [9.17, 15) is 4.79 Å². The number of carbonyl (C=O) groups is 1. The Bertz CT molecular complexity index is 636. The molecule has 2 aromatic rings. The Hall–Kier alpha value is -1.81. The topological polar surface area (TPSA) is 29.5 Å². The number of rotatable bonds is 5. The van der Waals surface area contributed by atoms with Gasteiger partial charge in [-0.15, -0.1) is 0 Å². The zero-order chi connectivity index (χ0) is 15.4. The molecule has 0 aliphatic carbocycles. The number of nitrogens with zero attached hydrogens (tertiary/aromatic N) is 1. The van der Waals surface area contributed by atoms with Crippen molar-refractivity contribution in [1.29, 1.82) is 0 Å². The van der Waals surface area contributed by atoms with Gasteiger partial charge in [-0.25, -0.2) is 0 Å². The fourth-order valence-corrected chi connectivity index (χ4v) is 2.64. The minimum Gasteiger partial charge on any atom is -0.496 e. The first kappa shape index (κ1) is 15.6. The Morgan fingerprint density at radius 3 is 2.33 bits per heavy atom. The van der Waals surface area contributed by atoms with Crippen LogP contribution in [0.1, 0.15) is 15.9 Å². The molecule has 0 aromatic heterocycles. The highest BCUT2D eigenvalue weighted by atomic mass is 79.9. The van der Waals surface area contributed by atoms with Crippen LogP contribution in [0, 0.1) is 0 Å². The van der Waals surface area contributed by atoms with Crippen molar-refractivity contribution in [2.45, 2.75) is 6.42 Å². The van der Waals surface area contributed by atoms with Gasteiger partial charge in [0.2, 0.25) is 0 Å². The molecule has 0 bridgehead atoms. The van der Waals surface area contributed by atoms with Crippen LogP contribution in [-0.2, 0) is 6.42 Å². The first-order valence-corrected chi connectivity index (χ1v) is 7.43. The molecule has 110 valence electrons. The summed E-state index contributed by atoms with van der Waals surface area (Å²) < 4.78 is 6.05. The van der Waals surface area contributed by atoms with E-state index in [0.717, 1.165) is 27.0 Å². The van der Waals surface area contributed by atoms with E-state index in [1.807, 2.05) is 61.5 Å². The molecule has 2 aromatic carbocycles. The quantitative estimate of drug-likeness (QED) is 0.767. The summed E-state index contributed by atoms with van der Waals surface area (Å²) in [7, 11) is 5.58. The normalized spacial score (nSPS) is 10.3. The van der Waals surface area contributed by atoms with Gasteiger partial charge in [0.1, 0.15) is 5.75 Å². The molecule has 0 aliphatic rings. The number of ether oxygens (including phenoxy) is 1. The van der Waals surface area contributed by atoms with Crippen LogP contribution in [-0.4, -0.2) is 27.0 Å². The minimum absolute atomic E-state index is 0.109. The molecule has 0 radical (unpaired) electrons. The molecule has 0 spiro atoms. The minimum atomic E-state index is 0.109. The monoisotopic (exact) mass is 347 g/mol. The lowest BCUT2D eigenvalue weighted by Crippen LogP contribution is -2.09. The molecule has 0 N–H and O–H groups in total. The first-order valence-electron chi connectivity index (χ1n) is 6.64. The molecule has 0 amide bonds. The van der Waals surface area contributed by atoms with Gasteiger partial charge in [-0.1, -0.05) is 6.07 Å². The average molecular weight is 348 g/mol. The van der Waals surface area contributed by atoms with E-state index in [1.54, 1.807) is 7.11 Å². The van der Waals surface area contributed by atoms with E-state index in [-0.39, 0.29) is 5.78 Å². The second-order valence-electron chi connectivity index (χ2n) is 5.01. The summed E-state index contributed by atoms with van der Waals surface area (Å²) in [5, 5.41) is 0. The molecule has 4 heteroatoms. The van der Waals surface area contributed by atoms with E-state index < -0.39 is 0 Å².